The van der Waals surface area contributed by atoms with Gasteiger partial charge in [-0.2, -0.15) is 4.31 Å². The minimum Gasteiger partial charge on any atom is -0.379 e. The molecule has 0 amide bonds. The van der Waals surface area contributed by atoms with E-state index in [1.54, 1.807) is 12.1 Å². The topological polar surface area (TPSA) is 77.3 Å². The van der Waals surface area contributed by atoms with Crippen molar-refractivity contribution in [2.75, 3.05) is 26.3 Å². The van der Waals surface area contributed by atoms with Gasteiger partial charge in [-0.1, -0.05) is 18.2 Å². The summed E-state index contributed by atoms with van der Waals surface area (Å²) in [4.78, 5) is 9.57. The lowest BCUT2D eigenvalue weighted by Gasteiger charge is -2.25. The molecule has 9 heteroatoms. The van der Waals surface area contributed by atoms with Gasteiger partial charge in [-0.3, -0.25) is 4.57 Å². The maximum absolute atomic E-state index is 12.8. The van der Waals surface area contributed by atoms with Crippen LogP contribution in [0.1, 0.15) is 24.2 Å². The lowest BCUT2D eigenvalue weighted by Crippen LogP contribution is -2.40. The molecule has 0 radical (unpaired) electrons. The summed E-state index contributed by atoms with van der Waals surface area (Å²) in [5.74, 6) is 0. The van der Waals surface area contributed by atoms with Gasteiger partial charge >= 0.3 is 0 Å². The third-order valence-corrected chi connectivity index (χ3v) is 8.42. The molecule has 0 saturated carbocycles. The third kappa shape index (κ3) is 4.15. The Morgan fingerprint density at radius 3 is 2.48 bits per heavy atom. The maximum atomic E-state index is 12.8. The molecule has 2 aromatic heterocycles. The van der Waals surface area contributed by atoms with Gasteiger partial charge in [0.25, 0.3) is 0 Å². The number of hydrogen-bond acceptors (Lipinski definition) is 6. The molecule has 3 heterocycles. The van der Waals surface area contributed by atoms with Crippen molar-refractivity contribution in [3.05, 3.63) is 60.0 Å². The Bertz CT molecular complexity index is 1160. The van der Waals surface area contributed by atoms with E-state index in [1.165, 1.54) is 34.4 Å². The number of rotatable bonds is 5. The van der Waals surface area contributed by atoms with Crippen molar-refractivity contribution < 1.29 is 13.2 Å². The molecule has 162 valence electrons. The van der Waals surface area contributed by atoms with Crippen molar-refractivity contribution in [2.24, 2.45) is 0 Å². The number of hydrogen-bond donors (Lipinski definition) is 0. The second-order valence-corrected chi connectivity index (χ2v) is 10.5. The number of nitrogens with zero attached hydrogens (tertiary/aromatic N) is 4. The predicted molar refractivity (Wildman–Crippen MR) is 118 cm³/mol. The first-order valence-electron chi connectivity index (χ1n) is 10.5. The van der Waals surface area contributed by atoms with E-state index in [2.05, 4.69) is 21.7 Å². The normalized spacial score (nSPS) is 17.4. The lowest BCUT2D eigenvalue weighted by molar-refractivity contribution is 0.0730. The minimum absolute atomic E-state index is 0.212. The van der Waals surface area contributed by atoms with E-state index in [0.29, 0.717) is 26.3 Å². The number of aromatic nitrogens is 3. The molecule has 0 spiro atoms. The molecule has 0 unspecified atom stereocenters. The largest absolute Gasteiger partial charge is 0.379 e. The minimum atomic E-state index is -3.54. The van der Waals surface area contributed by atoms with Crippen LogP contribution in [0.4, 0.5) is 0 Å². The van der Waals surface area contributed by atoms with Crippen molar-refractivity contribution in [2.45, 2.75) is 40.8 Å². The number of benzene rings is 1. The quantitative estimate of drug-likeness (QED) is 0.586. The molecular weight excluding hydrogens is 432 g/mol. The zero-order valence-electron chi connectivity index (χ0n) is 17.1. The van der Waals surface area contributed by atoms with Crippen LogP contribution in [0.3, 0.4) is 0 Å². The first kappa shape index (κ1) is 20.7. The highest BCUT2D eigenvalue weighted by Crippen LogP contribution is 2.34. The van der Waals surface area contributed by atoms with Crippen LogP contribution >= 0.6 is 11.8 Å². The van der Waals surface area contributed by atoms with Crippen LogP contribution in [0, 0.1) is 0 Å². The number of aryl methyl sites for hydroxylation is 1. The van der Waals surface area contributed by atoms with Crippen molar-refractivity contribution in [1.29, 1.82) is 0 Å². The summed E-state index contributed by atoms with van der Waals surface area (Å²) in [7, 11) is -3.54. The summed E-state index contributed by atoms with van der Waals surface area (Å²) in [5, 5.41) is 1.59. The number of imidazole rings is 1. The molecule has 0 atom stereocenters. The van der Waals surface area contributed by atoms with Gasteiger partial charge in [0.05, 0.1) is 18.9 Å². The maximum Gasteiger partial charge on any atom is 0.244 e. The summed E-state index contributed by atoms with van der Waals surface area (Å²) in [6, 6.07) is 13.6. The molecule has 0 N–H and O–H groups in total. The molecule has 1 aliphatic carbocycles. The van der Waals surface area contributed by atoms with Crippen LogP contribution in [-0.2, 0) is 27.6 Å². The number of ether oxygens (including phenoxy) is 1. The molecular formula is C22H24N4O3S2. The fraction of sp³-hybridized carbons (Fsp3) is 0.364. The van der Waals surface area contributed by atoms with Crippen LogP contribution in [0.25, 0.3) is 5.69 Å². The van der Waals surface area contributed by atoms with Crippen LogP contribution in [0.2, 0.25) is 0 Å². The third-order valence-electron chi connectivity index (χ3n) is 5.63. The summed E-state index contributed by atoms with van der Waals surface area (Å²) >= 11 is 1.47. The highest BCUT2D eigenvalue weighted by molar-refractivity contribution is 7.99. The van der Waals surface area contributed by atoms with Gasteiger partial charge in [0.1, 0.15) is 9.92 Å². The first-order chi connectivity index (χ1) is 15.1. The second-order valence-electron chi connectivity index (χ2n) is 7.62. The molecule has 0 bridgehead atoms. The molecule has 7 nitrogen and oxygen atoms in total. The molecule has 31 heavy (non-hydrogen) atoms. The molecule has 1 aliphatic heterocycles. The Labute approximate surface area is 186 Å². The summed E-state index contributed by atoms with van der Waals surface area (Å²) in [6.45, 7) is 1.60. The second kappa shape index (κ2) is 8.74. The van der Waals surface area contributed by atoms with Gasteiger partial charge < -0.3 is 4.74 Å². The molecule has 2 aliphatic rings. The average molecular weight is 457 g/mol. The standard InChI is InChI=1S/C22H24N4O3S2/c27-31(28,25-12-14-29-15-13-25)18-10-11-21(23-16-18)30-22-24-19-8-4-5-9-20(19)26(22)17-6-2-1-3-7-17/h1-3,6-7,10-11,16H,4-5,8-9,12-15H2. The smallest absolute Gasteiger partial charge is 0.244 e. The zero-order chi connectivity index (χ0) is 21.3. The summed E-state index contributed by atoms with van der Waals surface area (Å²) in [5.41, 5.74) is 3.52. The Hall–Kier alpha value is -2.20. The number of morpholine rings is 1. The van der Waals surface area contributed by atoms with Crippen molar-refractivity contribution in [3.63, 3.8) is 0 Å². The number of para-hydroxylation sites is 1. The van der Waals surface area contributed by atoms with Gasteiger partial charge in [-0.05, 0) is 61.7 Å². The van der Waals surface area contributed by atoms with Gasteiger partial charge in [-0.15, -0.1) is 0 Å². The van der Waals surface area contributed by atoms with Gasteiger partial charge in [0.2, 0.25) is 10.0 Å². The van der Waals surface area contributed by atoms with E-state index in [4.69, 9.17) is 9.72 Å². The Morgan fingerprint density at radius 2 is 1.74 bits per heavy atom. The molecule has 1 saturated heterocycles. The van der Waals surface area contributed by atoms with Crippen LogP contribution in [0.5, 0.6) is 0 Å². The highest BCUT2D eigenvalue weighted by Gasteiger charge is 2.27. The summed E-state index contributed by atoms with van der Waals surface area (Å²) < 4.78 is 34.6. The first-order valence-corrected chi connectivity index (χ1v) is 12.8. The number of fused-ring (bicyclic) bond motifs is 1. The molecule has 1 fully saturated rings. The Balaban J connectivity index is 1.44. The lowest BCUT2D eigenvalue weighted by atomic mass is 10.0. The monoisotopic (exact) mass is 456 g/mol. The number of sulfonamides is 1. The van der Waals surface area contributed by atoms with E-state index in [0.717, 1.165) is 40.8 Å². The SMILES string of the molecule is O=S(=O)(c1ccc(Sc2nc3c(n2-c2ccccc2)CCCC3)nc1)N1CCOCC1. The zero-order valence-corrected chi connectivity index (χ0v) is 18.7. The van der Waals surface area contributed by atoms with E-state index >= 15 is 0 Å². The van der Waals surface area contributed by atoms with Crippen LogP contribution < -0.4 is 0 Å². The summed E-state index contributed by atoms with van der Waals surface area (Å²) in [6.07, 6.45) is 5.79. The van der Waals surface area contributed by atoms with Crippen LogP contribution in [-0.4, -0.2) is 53.6 Å². The van der Waals surface area contributed by atoms with E-state index < -0.39 is 10.0 Å². The number of pyridine rings is 1. The molecule has 1 aromatic carbocycles. The van der Waals surface area contributed by atoms with Gasteiger partial charge in [0, 0.05) is 30.7 Å². The fourth-order valence-electron chi connectivity index (χ4n) is 4.04. The van der Waals surface area contributed by atoms with E-state index in [1.807, 2.05) is 18.2 Å². The average Bonchev–Trinajstić information content (AvgIpc) is 3.18. The van der Waals surface area contributed by atoms with Crippen molar-refractivity contribution in [3.8, 4) is 5.69 Å². The van der Waals surface area contributed by atoms with E-state index in [9.17, 15) is 8.42 Å². The predicted octanol–water partition coefficient (Wildman–Crippen LogP) is 3.32. The van der Waals surface area contributed by atoms with Gasteiger partial charge in [-0.25, -0.2) is 18.4 Å². The molecule has 3 aromatic rings. The molecule has 5 rings (SSSR count). The van der Waals surface area contributed by atoms with Crippen molar-refractivity contribution in [1.82, 2.24) is 18.8 Å². The van der Waals surface area contributed by atoms with Crippen molar-refractivity contribution >= 4 is 21.8 Å². The highest BCUT2D eigenvalue weighted by atomic mass is 32.2. The van der Waals surface area contributed by atoms with Gasteiger partial charge in [0.15, 0.2) is 5.16 Å². The van der Waals surface area contributed by atoms with Crippen LogP contribution in [0.15, 0.2) is 63.7 Å². The fourth-order valence-corrected chi connectivity index (χ4v) is 6.28. The Kier molecular flexibility index (Phi) is 5.83. The van der Waals surface area contributed by atoms with E-state index in [-0.39, 0.29) is 4.90 Å². The Morgan fingerprint density at radius 1 is 0.968 bits per heavy atom.